The van der Waals surface area contributed by atoms with Crippen molar-refractivity contribution < 1.29 is 14.0 Å². The molecule has 1 saturated heterocycles. The molecule has 0 unspecified atom stereocenters. The third-order valence-corrected chi connectivity index (χ3v) is 4.55. The molecular formula is C19H28FN3O2. The highest BCUT2D eigenvalue weighted by atomic mass is 19.1. The van der Waals surface area contributed by atoms with Crippen molar-refractivity contribution in [2.24, 2.45) is 5.92 Å². The summed E-state index contributed by atoms with van der Waals surface area (Å²) in [5, 5.41) is 2.82. The van der Waals surface area contributed by atoms with Crippen LogP contribution in [0.4, 0.5) is 4.39 Å². The van der Waals surface area contributed by atoms with Crippen LogP contribution in [0.3, 0.4) is 0 Å². The third kappa shape index (κ3) is 5.26. The second kappa shape index (κ2) is 8.94. The lowest BCUT2D eigenvalue weighted by Gasteiger charge is -2.37. The maximum atomic E-state index is 13.0. The van der Waals surface area contributed by atoms with Gasteiger partial charge < -0.3 is 10.2 Å². The first kappa shape index (κ1) is 19.4. The average Bonchev–Trinajstić information content (AvgIpc) is 2.60. The van der Waals surface area contributed by atoms with Crippen LogP contribution in [0.2, 0.25) is 0 Å². The van der Waals surface area contributed by atoms with Gasteiger partial charge in [0, 0.05) is 31.7 Å². The SMILES string of the molecule is CCCN1CCN(C(=O)[C@@H](NC(=O)c2ccc(F)cc2)C(C)C)CC1. The second-order valence-corrected chi connectivity index (χ2v) is 6.87. The van der Waals surface area contributed by atoms with Crippen LogP contribution in [0.5, 0.6) is 0 Å². The van der Waals surface area contributed by atoms with Gasteiger partial charge in [-0.2, -0.15) is 0 Å². The number of carbonyl (C=O) groups excluding carboxylic acids is 2. The number of halogens is 1. The lowest BCUT2D eigenvalue weighted by Crippen LogP contribution is -2.56. The smallest absolute Gasteiger partial charge is 0.251 e. The van der Waals surface area contributed by atoms with Gasteiger partial charge >= 0.3 is 0 Å². The topological polar surface area (TPSA) is 52.6 Å². The Hall–Kier alpha value is -1.95. The molecule has 1 aromatic rings. The van der Waals surface area contributed by atoms with E-state index in [0.29, 0.717) is 18.7 Å². The minimum absolute atomic E-state index is 0.0226. The number of piperazine rings is 1. The van der Waals surface area contributed by atoms with E-state index in [2.05, 4.69) is 17.1 Å². The van der Waals surface area contributed by atoms with Gasteiger partial charge in [0.1, 0.15) is 11.9 Å². The molecule has 1 aromatic carbocycles. The Morgan fingerprint density at radius 2 is 1.72 bits per heavy atom. The van der Waals surface area contributed by atoms with Gasteiger partial charge in [0.05, 0.1) is 0 Å². The molecule has 25 heavy (non-hydrogen) atoms. The minimum Gasteiger partial charge on any atom is -0.340 e. The number of rotatable bonds is 6. The molecule has 0 radical (unpaired) electrons. The number of hydrogen-bond acceptors (Lipinski definition) is 3. The maximum Gasteiger partial charge on any atom is 0.251 e. The summed E-state index contributed by atoms with van der Waals surface area (Å²) in [6.07, 6.45) is 1.11. The van der Waals surface area contributed by atoms with E-state index in [-0.39, 0.29) is 17.7 Å². The zero-order valence-corrected chi connectivity index (χ0v) is 15.3. The van der Waals surface area contributed by atoms with Gasteiger partial charge in [0.25, 0.3) is 5.91 Å². The van der Waals surface area contributed by atoms with Crippen molar-refractivity contribution in [2.75, 3.05) is 32.7 Å². The zero-order chi connectivity index (χ0) is 18.4. The van der Waals surface area contributed by atoms with E-state index in [9.17, 15) is 14.0 Å². The first-order valence-electron chi connectivity index (χ1n) is 9.00. The Balaban J connectivity index is 1.99. The molecule has 1 aliphatic rings. The Kier molecular flexibility index (Phi) is 6.93. The summed E-state index contributed by atoms with van der Waals surface area (Å²) < 4.78 is 13.0. The van der Waals surface area contributed by atoms with Gasteiger partial charge in [0.15, 0.2) is 0 Å². The van der Waals surface area contributed by atoms with E-state index in [4.69, 9.17) is 0 Å². The van der Waals surface area contributed by atoms with Crippen LogP contribution in [-0.2, 0) is 4.79 Å². The van der Waals surface area contributed by atoms with E-state index in [1.165, 1.54) is 24.3 Å². The summed E-state index contributed by atoms with van der Waals surface area (Å²) in [4.78, 5) is 29.4. The second-order valence-electron chi connectivity index (χ2n) is 6.87. The predicted molar refractivity (Wildman–Crippen MR) is 95.8 cm³/mol. The Morgan fingerprint density at radius 3 is 2.24 bits per heavy atom. The number of benzene rings is 1. The fourth-order valence-corrected chi connectivity index (χ4v) is 3.04. The van der Waals surface area contributed by atoms with E-state index in [1.807, 2.05) is 18.7 Å². The van der Waals surface area contributed by atoms with Crippen molar-refractivity contribution >= 4 is 11.8 Å². The van der Waals surface area contributed by atoms with E-state index >= 15 is 0 Å². The van der Waals surface area contributed by atoms with Crippen LogP contribution >= 0.6 is 0 Å². The summed E-state index contributed by atoms with van der Waals surface area (Å²) in [6, 6.07) is 4.77. The van der Waals surface area contributed by atoms with Crippen molar-refractivity contribution in [2.45, 2.75) is 33.2 Å². The molecule has 2 amide bonds. The molecule has 2 rings (SSSR count). The molecule has 6 heteroatoms. The third-order valence-electron chi connectivity index (χ3n) is 4.55. The fourth-order valence-electron chi connectivity index (χ4n) is 3.04. The molecule has 0 aromatic heterocycles. The number of nitrogens with zero attached hydrogens (tertiary/aromatic N) is 2. The molecule has 0 spiro atoms. The van der Waals surface area contributed by atoms with E-state index < -0.39 is 11.9 Å². The quantitative estimate of drug-likeness (QED) is 0.856. The van der Waals surface area contributed by atoms with Gasteiger partial charge in [-0.25, -0.2) is 4.39 Å². The maximum absolute atomic E-state index is 13.0. The number of carbonyl (C=O) groups is 2. The summed E-state index contributed by atoms with van der Waals surface area (Å²) in [5.41, 5.74) is 0.354. The molecule has 1 N–H and O–H groups in total. The molecule has 1 atom stereocenters. The molecule has 138 valence electrons. The Bertz CT molecular complexity index is 581. The average molecular weight is 349 g/mol. The highest BCUT2D eigenvalue weighted by molar-refractivity contribution is 5.97. The number of hydrogen-bond donors (Lipinski definition) is 1. The largest absolute Gasteiger partial charge is 0.340 e. The normalized spacial score (nSPS) is 16.8. The molecular weight excluding hydrogens is 321 g/mol. The molecule has 5 nitrogen and oxygen atoms in total. The molecule has 1 heterocycles. The Morgan fingerprint density at radius 1 is 1.12 bits per heavy atom. The van der Waals surface area contributed by atoms with Crippen molar-refractivity contribution in [1.82, 2.24) is 15.1 Å². The van der Waals surface area contributed by atoms with Crippen molar-refractivity contribution in [3.63, 3.8) is 0 Å². The lowest BCUT2D eigenvalue weighted by molar-refractivity contribution is -0.136. The van der Waals surface area contributed by atoms with E-state index in [1.54, 1.807) is 0 Å². The van der Waals surface area contributed by atoms with Crippen LogP contribution in [0.1, 0.15) is 37.6 Å². The first-order valence-corrected chi connectivity index (χ1v) is 9.00. The number of amides is 2. The highest BCUT2D eigenvalue weighted by Crippen LogP contribution is 2.11. The van der Waals surface area contributed by atoms with Gasteiger partial charge in [-0.05, 0) is 43.1 Å². The van der Waals surface area contributed by atoms with Gasteiger partial charge in [0.2, 0.25) is 5.91 Å². The first-order chi connectivity index (χ1) is 11.9. The van der Waals surface area contributed by atoms with Crippen molar-refractivity contribution in [3.8, 4) is 0 Å². The number of nitrogens with one attached hydrogen (secondary N) is 1. The summed E-state index contributed by atoms with van der Waals surface area (Å²) >= 11 is 0. The van der Waals surface area contributed by atoms with Crippen molar-refractivity contribution in [3.05, 3.63) is 35.6 Å². The Labute approximate surface area is 149 Å². The van der Waals surface area contributed by atoms with Gasteiger partial charge in [-0.15, -0.1) is 0 Å². The minimum atomic E-state index is -0.574. The van der Waals surface area contributed by atoms with Crippen LogP contribution in [0.25, 0.3) is 0 Å². The summed E-state index contributed by atoms with van der Waals surface area (Å²) in [7, 11) is 0. The van der Waals surface area contributed by atoms with Crippen LogP contribution in [0.15, 0.2) is 24.3 Å². The standard InChI is InChI=1S/C19H28FN3O2/c1-4-9-22-10-12-23(13-11-22)19(25)17(14(2)3)21-18(24)15-5-7-16(20)8-6-15/h5-8,14,17H,4,9-13H2,1-3H3,(H,21,24)/t17-/m0/s1. The predicted octanol–water partition coefficient (Wildman–Crippen LogP) is 2.13. The fraction of sp³-hybridized carbons (Fsp3) is 0.579. The molecule has 1 fully saturated rings. The molecule has 0 saturated carbocycles. The summed E-state index contributed by atoms with van der Waals surface area (Å²) in [5.74, 6) is -0.804. The van der Waals surface area contributed by atoms with Crippen LogP contribution < -0.4 is 5.32 Å². The van der Waals surface area contributed by atoms with Gasteiger partial charge in [-0.3, -0.25) is 14.5 Å². The van der Waals surface area contributed by atoms with E-state index in [0.717, 1.165) is 26.1 Å². The molecule has 0 bridgehead atoms. The molecule has 1 aliphatic heterocycles. The van der Waals surface area contributed by atoms with Crippen LogP contribution in [0, 0.1) is 11.7 Å². The summed E-state index contributed by atoms with van der Waals surface area (Å²) in [6.45, 7) is 10.2. The van der Waals surface area contributed by atoms with Crippen LogP contribution in [-0.4, -0.2) is 60.4 Å². The monoisotopic (exact) mass is 349 g/mol. The van der Waals surface area contributed by atoms with Crippen molar-refractivity contribution in [1.29, 1.82) is 0 Å². The van der Waals surface area contributed by atoms with Gasteiger partial charge in [-0.1, -0.05) is 20.8 Å². The lowest BCUT2D eigenvalue weighted by atomic mass is 10.0. The highest BCUT2D eigenvalue weighted by Gasteiger charge is 2.30. The zero-order valence-electron chi connectivity index (χ0n) is 15.3. The molecule has 0 aliphatic carbocycles.